The third-order valence-corrected chi connectivity index (χ3v) is 9.16. The highest BCUT2D eigenvalue weighted by atomic mass is 19.1. The molecule has 2 saturated carbocycles. The molecule has 40 heavy (non-hydrogen) atoms. The van der Waals surface area contributed by atoms with Gasteiger partial charge in [-0.05, 0) is 110 Å². The molecule has 0 spiro atoms. The van der Waals surface area contributed by atoms with Crippen molar-refractivity contribution < 1.29 is 14.0 Å². The van der Waals surface area contributed by atoms with Gasteiger partial charge in [0, 0.05) is 18.4 Å². The Balaban J connectivity index is 1.78. The van der Waals surface area contributed by atoms with Gasteiger partial charge in [-0.3, -0.25) is 9.59 Å². The van der Waals surface area contributed by atoms with Crippen LogP contribution in [0.15, 0.2) is 53.9 Å². The SMILES string of the molecule is C=C(/C=C(F)\C(=C/CCc1cccc(C2CCCCC2)c1C)C[C@@H]1CCCC[C@@H]1CC(=O)CC(C)(C)C)C(C)=O. The van der Waals surface area contributed by atoms with E-state index in [9.17, 15) is 9.59 Å². The third kappa shape index (κ3) is 9.96. The molecule has 3 rings (SSSR count). The lowest BCUT2D eigenvalue weighted by Gasteiger charge is -2.32. The number of rotatable bonds is 12. The lowest BCUT2D eigenvalue weighted by Crippen LogP contribution is -2.24. The number of carbonyl (C=O) groups excluding carboxylic acids is 2. The van der Waals surface area contributed by atoms with Crippen molar-refractivity contribution in [2.45, 2.75) is 130 Å². The Morgan fingerprint density at radius 2 is 1.60 bits per heavy atom. The molecule has 2 aliphatic carbocycles. The van der Waals surface area contributed by atoms with Gasteiger partial charge in [-0.15, -0.1) is 0 Å². The second-order valence-electron chi connectivity index (χ2n) is 13.8. The molecule has 1 aromatic rings. The number of allylic oxidation sites excluding steroid dienone is 5. The maximum Gasteiger partial charge on any atom is 0.159 e. The van der Waals surface area contributed by atoms with Gasteiger partial charge in [-0.25, -0.2) is 4.39 Å². The number of benzene rings is 1. The number of hydrogen-bond acceptors (Lipinski definition) is 2. The lowest BCUT2D eigenvalue weighted by atomic mass is 9.72. The lowest BCUT2D eigenvalue weighted by molar-refractivity contribution is -0.122. The summed E-state index contributed by atoms with van der Waals surface area (Å²) in [5.41, 5.74) is 5.09. The van der Waals surface area contributed by atoms with E-state index in [-0.39, 0.29) is 28.5 Å². The quantitative estimate of drug-likeness (QED) is 0.192. The predicted octanol–water partition coefficient (Wildman–Crippen LogP) is 10.5. The van der Waals surface area contributed by atoms with Gasteiger partial charge in [0.15, 0.2) is 5.78 Å². The van der Waals surface area contributed by atoms with Crippen LogP contribution in [0.5, 0.6) is 0 Å². The van der Waals surface area contributed by atoms with Crippen molar-refractivity contribution in [3.8, 4) is 0 Å². The molecule has 0 aliphatic heterocycles. The Morgan fingerprint density at radius 3 is 2.23 bits per heavy atom. The van der Waals surface area contributed by atoms with Gasteiger partial charge in [-0.2, -0.15) is 0 Å². The molecular formula is C37H53FO2. The van der Waals surface area contributed by atoms with Crippen LogP contribution in [0.2, 0.25) is 0 Å². The van der Waals surface area contributed by atoms with Crippen molar-refractivity contribution in [3.05, 3.63) is 70.6 Å². The molecule has 0 amide bonds. The number of Topliss-reactive ketones (excluding diaryl/α,β-unsaturated/α-hetero) is 2. The van der Waals surface area contributed by atoms with Gasteiger partial charge in [0.1, 0.15) is 11.6 Å². The fraction of sp³-hybridized carbons (Fsp3) is 0.622. The summed E-state index contributed by atoms with van der Waals surface area (Å²) in [6.07, 6.45) is 17.7. The van der Waals surface area contributed by atoms with Crippen LogP contribution >= 0.6 is 0 Å². The minimum absolute atomic E-state index is 0.0133. The highest BCUT2D eigenvalue weighted by Crippen LogP contribution is 2.40. The first-order chi connectivity index (χ1) is 18.9. The monoisotopic (exact) mass is 548 g/mol. The molecule has 0 saturated heterocycles. The minimum atomic E-state index is -0.349. The first kappa shape index (κ1) is 32.2. The number of carbonyl (C=O) groups is 2. The Bertz CT molecular complexity index is 1090. The van der Waals surface area contributed by atoms with Gasteiger partial charge in [0.25, 0.3) is 0 Å². The van der Waals surface area contributed by atoms with E-state index in [2.05, 4.69) is 58.5 Å². The first-order valence-electron chi connectivity index (χ1n) is 15.8. The highest BCUT2D eigenvalue weighted by Gasteiger charge is 2.29. The summed E-state index contributed by atoms with van der Waals surface area (Å²) < 4.78 is 15.7. The summed E-state index contributed by atoms with van der Waals surface area (Å²) in [6.45, 7) is 13.8. The van der Waals surface area contributed by atoms with E-state index in [0.717, 1.165) is 38.5 Å². The molecule has 0 radical (unpaired) electrons. The van der Waals surface area contributed by atoms with Crippen molar-refractivity contribution >= 4 is 11.6 Å². The van der Waals surface area contributed by atoms with Crippen molar-refractivity contribution in [3.63, 3.8) is 0 Å². The molecule has 2 atom stereocenters. The number of aryl methyl sites for hydroxylation is 1. The number of ketones is 2. The van der Waals surface area contributed by atoms with Crippen molar-refractivity contribution in [2.75, 3.05) is 0 Å². The molecule has 0 bridgehead atoms. The van der Waals surface area contributed by atoms with Crippen LogP contribution in [0, 0.1) is 24.2 Å². The zero-order valence-corrected chi connectivity index (χ0v) is 25.9. The van der Waals surface area contributed by atoms with Crippen LogP contribution in [-0.2, 0) is 16.0 Å². The Hall–Kier alpha value is -2.29. The molecule has 0 aromatic heterocycles. The highest BCUT2D eigenvalue weighted by molar-refractivity contribution is 5.95. The maximum absolute atomic E-state index is 15.7. The Kier molecular flexibility index (Phi) is 12.2. The fourth-order valence-electron chi connectivity index (χ4n) is 6.92. The van der Waals surface area contributed by atoms with Crippen molar-refractivity contribution in [1.29, 1.82) is 0 Å². The van der Waals surface area contributed by atoms with E-state index in [1.165, 1.54) is 61.8 Å². The van der Waals surface area contributed by atoms with Crippen LogP contribution in [0.1, 0.15) is 134 Å². The zero-order valence-electron chi connectivity index (χ0n) is 25.9. The zero-order chi connectivity index (χ0) is 29.3. The van der Waals surface area contributed by atoms with Gasteiger partial charge in [0.05, 0.1) is 0 Å². The smallest absolute Gasteiger partial charge is 0.159 e. The number of hydrogen-bond donors (Lipinski definition) is 0. The second kappa shape index (κ2) is 15.1. The molecule has 2 fully saturated rings. The average molecular weight is 549 g/mol. The Labute approximate surface area is 243 Å². The standard InChI is InChI=1S/C37H53FO2/c1-26(28(3)39)22-36(38)33(23-31-16-10-11-17-32(31)24-34(40)25-37(4,5)6)20-12-18-29-19-13-21-35(27(29)2)30-14-8-7-9-15-30/h13,19-22,30-32H,1,7-12,14-18,23-25H2,2-6H3/b33-20-,36-22+/t31-,32+/m0/s1. The van der Waals surface area contributed by atoms with E-state index in [1.807, 2.05) is 0 Å². The van der Waals surface area contributed by atoms with Crippen LogP contribution in [-0.4, -0.2) is 11.6 Å². The van der Waals surface area contributed by atoms with E-state index in [4.69, 9.17) is 0 Å². The molecule has 0 heterocycles. The molecule has 220 valence electrons. The molecule has 3 heteroatoms. The molecule has 0 unspecified atom stereocenters. The second-order valence-corrected chi connectivity index (χ2v) is 13.8. The fourth-order valence-corrected chi connectivity index (χ4v) is 6.92. The molecular weight excluding hydrogens is 495 g/mol. The summed E-state index contributed by atoms with van der Waals surface area (Å²) in [7, 11) is 0. The van der Waals surface area contributed by atoms with Crippen LogP contribution in [0.25, 0.3) is 0 Å². The van der Waals surface area contributed by atoms with Crippen LogP contribution in [0.3, 0.4) is 0 Å². The van der Waals surface area contributed by atoms with Gasteiger partial charge in [-0.1, -0.05) is 83.7 Å². The van der Waals surface area contributed by atoms with E-state index < -0.39 is 0 Å². The summed E-state index contributed by atoms with van der Waals surface area (Å²) >= 11 is 0. The summed E-state index contributed by atoms with van der Waals surface area (Å²) in [5, 5.41) is 0. The number of halogens is 1. The van der Waals surface area contributed by atoms with E-state index in [1.54, 1.807) is 0 Å². The molecule has 2 aliphatic rings. The largest absolute Gasteiger partial charge is 0.300 e. The molecule has 1 aromatic carbocycles. The predicted molar refractivity (Wildman–Crippen MR) is 166 cm³/mol. The van der Waals surface area contributed by atoms with Crippen molar-refractivity contribution in [2.24, 2.45) is 17.3 Å². The average Bonchev–Trinajstić information content (AvgIpc) is 2.89. The van der Waals surface area contributed by atoms with E-state index >= 15 is 4.39 Å². The maximum atomic E-state index is 15.7. The minimum Gasteiger partial charge on any atom is -0.300 e. The van der Waals surface area contributed by atoms with Crippen molar-refractivity contribution in [1.82, 2.24) is 0 Å². The van der Waals surface area contributed by atoms with Gasteiger partial charge < -0.3 is 0 Å². The van der Waals surface area contributed by atoms with Gasteiger partial charge >= 0.3 is 0 Å². The van der Waals surface area contributed by atoms with Crippen LogP contribution in [0.4, 0.5) is 4.39 Å². The topological polar surface area (TPSA) is 34.1 Å². The summed E-state index contributed by atoms with van der Waals surface area (Å²) in [4.78, 5) is 24.7. The summed E-state index contributed by atoms with van der Waals surface area (Å²) in [6, 6.07) is 6.71. The van der Waals surface area contributed by atoms with E-state index in [0.29, 0.717) is 42.5 Å². The van der Waals surface area contributed by atoms with Gasteiger partial charge in [0.2, 0.25) is 0 Å². The van der Waals surface area contributed by atoms with Crippen LogP contribution < -0.4 is 0 Å². The molecule has 2 nitrogen and oxygen atoms in total. The molecule has 0 N–H and O–H groups in total. The normalized spacial score (nSPS) is 21.4. The third-order valence-electron chi connectivity index (χ3n) is 9.16. The summed E-state index contributed by atoms with van der Waals surface area (Å²) in [5.74, 6) is 1.01. The first-order valence-corrected chi connectivity index (χ1v) is 15.8. The Morgan fingerprint density at radius 1 is 0.975 bits per heavy atom.